The van der Waals surface area contributed by atoms with E-state index >= 15 is 0 Å². The summed E-state index contributed by atoms with van der Waals surface area (Å²) < 4.78 is 0. The number of aliphatic hydroxyl groups excluding tert-OH is 1. The molecule has 114 valence electrons. The van der Waals surface area contributed by atoms with Gasteiger partial charge in [0.05, 0.1) is 6.10 Å². The highest BCUT2D eigenvalue weighted by Gasteiger charge is 2.38. The van der Waals surface area contributed by atoms with Crippen molar-refractivity contribution in [3.8, 4) is 0 Å². The summed E-state index contributed by atoms with van der Waals surface area (Å²) >= 11 is 0. The van der Waals surface area contributed by atoms with Gasteiger partial charge in [0.15, 0.2) is 0 Å². The topological polar surface area (TPSA) is 23.5 Å². The first kappa shape index (κ1) is 17.0. The molecule has 1 rings (SSSR count). The van der Waals surface area contributed by atoms with E-state index in [2.05, 4.69) is 46.6 Å². The third-order valence-corrected chi connectivity index (χ3v) is 5.72. The molecule has 1 aliphatic carbocycles. The summed E-state index contributed by atoms with van der Waals surface area (Å²) in [7, 11) is 2.20. The summed E-state index contributed by atoms with van der Waals surface area (Å²) in [5.41, 5.74) is 0.410. The van der Waals surface area contributed by atoms with Crippen LogP contribution in [0.1, 0.15) is 73.1 Å². The number of rotatable bonds is 6. The Labute approximate surface area is 120 Å². The van der Waals surface area contributed by atoms with Crippen molar-refractivity contribution in [3.05, 3.63) is 0 Å². The molecule has 0 heterocycles. The summed E-state index contributed by atoms with van der Waals surface area (Å²) in [6, 6.07) is 0.930. The van der Waals surface area contributed by atoms with E-state index < -0.39 is 0 Å². The number of hydrogen-bond acceptors (Lipinski definition) is 2. The largest absolute Gasteiger partial charge is 0.391 e. The van der Waals surface area contributed by atoms with Crippen molar-refractivity contribution in [2.75, 3.05) is 7.05 Å². The smallest absolute Gasteiger partial charge is 0.0695 e. The second kappa shape index (κ2) is 7.08. The van der Waals surface area contributed by atoms with Crippen LogP contribution in [0.15, 0.2) is 0 Å². The fourth-order valence-corrected chi connectivity index (χ4v) is 3.52. The van der Waals surface area contributed by atoms with Gasteiger partial charge in [-0.3, -0.25) is 4.90 Å². The molecule has 0 amide bonds. The Morgan fingerprint density at radius 2 is 1.89 bits per heavy atom. The Morgan fingerprint density at radius 3 is 2.42 bits per heavy atom. The molecule has 0 aromatic rings. The van der Waals surface area contributed by atoms with Gasteiger partial charge in [-0.2, -0.15) is 0 Å². The van der Waals surface area contributed by atoms with Gasteiger partial charge in [-0.15, -0.1) is 0 Å². The molecule has 0 aliphatic heterocycles. The number of hydrogen-bond donors (Lipinski definition) is 1. The van der Waals surface area contributed by atoms with Gasteiger partial charge in [-0.25, -0.2) is 0 Å². The van der Waals surface area contributed by atoms with Gasteiger partial charge < -0.3 is 5.11 Å². The predicted molar refractivity (Wildman–Crippen MR) is 83.3 cm³/mol. The Hall–Kier alpha value is -0.0800. The molecule has 0 spiro atoms. The molecule has 0 bridgehead atoms. The van der Waals surface area contributed by atoms with E-state index in [1.165, 1.54) is 25.7 Å². The lowest BCUT2D eigenvalue weighted by Crippen LogP contribution is -2.50. The predicted octanol–water partition coefficient (Wildman–Crippen LogP) is 4.07. The first-order valence-electron chi connectivity index (χ1n) is 8.23. The quantitative estimate of drug-likeness (QED) is 0.785. The standard InChI is InChI=1S/C17H35NO/c1-7-9-13(3)18(6)15-12-14(10-11-16(15)19)17(4,5)8-2/h13-16,19H,7-12H2,1-6H3. The molecule has 2 nitrogen and oxygen atoms in total. The third kappa shape index (κ3) is 4.19. The fraction of sp³-hybridized carbons (Fsp3) is 1.00. The van der Waals surface area contributed by atoms with E-state index in [0.717, 1.165) is 18.8 Å². The van der Waals surface area contributed by atoms with Crippen molar-refractivity contribution < 1.29 is 5.11 Å². The van der Waals surface area contributed by atoms with Gasteiger partial charge in [0.1, 0.15) is 0 Å². The normalized spacial score (nSPS) is 30.6. The van der Waals surface area contributed by atoms with Crippen molar-refractivity contribution in [1.29, 1.82) is 0 Å². The van der Waals surface area contributed by atoms with Crippen LogP contribution in [0.4, 0.5) is 0 Å². The Morgan fingerprint density at radius 1 is 1.26 bits per heavy atom. The lowest BCUT2D eigenvalue weighted by atomic mass is 9.67. The molecule has 1 aliphatic rings. The number of nitrogens with zero attached hydrogens (tertiary/aromatic N) is 1. The minimum Gasteiger partial charge on any atom is -0.391 e. The molecular weight excluding hydrogens is 234 g/mol. The lowest BCUT2D eigenvalue weighted by Gasteiger charge is -2.46. The maximum absolute atomic E-state index is 10.4. The summed E-state index contributed by atoms with van der Waals surface area (Å²) in [6.07, 6.45) is 6.87. The summed E-state index contributed by atoms with van der Waals surface area (Å²) in [4.78, 5) is 2.44. The Bertz CT molecular complexity index is 264. The first-order chi connectivity index (χ1) is 8.83. The van der Waals surface area contributed by atoms with Crippen LogP contribution in [-0.4, -0.2) is 35.2 Å². The average molecular weight is 269 g/mol. The van der Waals surface area contributed by atoms with Crippen molar-refractivity contribution in [2.24, 2.45) is 11.3 Å². The van der Waals surface area contributed by atoms with E-state index in [9.17, 15) is 5.11 Å². The van der Waals surface area contributed by atoms with Crippen LogP contribution < -0.4 is 0 Å². The van der Waals surface area contributed by atoms with Gasteiger partial charge in [0.2, 0.25) is 0 Å². The minimum atomic E-state index is -0.131. The van der Waals surface area contributed by atoms with Gasteiger partial charge >= 0.3 is 0 Å². The van der Waals surface area contributed by atoms with Crippen molar-refractivity contribution in [2.45, 2.75) is 91.3 Å². The highest BCUT2D eigenvalue weighted by molar-refractivity contribution is 4.92. The second-order valence-electron chi connectivity index (χ2n) is 7.29. The van der Waals surface area contributed by atoms with Gasteiger partial charge in [0, 0.05) is 12.1 Å². The molecule has 1 saturated carbocycles. The Kier molecular flexibility index (Phi) is 6.32. The molecule has 4 atom stereocenters. The zero-order chi connectivity index (χ0) is 14.6. The average Bonchev–Trinajstić information content (AvgIpc) is 2.38. The van der Waals surface area contributed by atoms with Gasteiger partial charge in [-0.05, 0) is 51.0 Å². The van der Waals surface area contributed by atoms with Gasteiger partial charge in [-0.1, -0.05) is 40.5 Å². The molecule has 2 heteroatoms. The van der Waals surface area contributed by atoms with Crippen LogP contribution in [0, 0.1) is 11.3 Å². The van der Waals surface area contributed by atoms with Crippen molar-refractivity contribution in [1.82, 2.24) is 4.90 Å². The molecular formula is C17H35NO. The van der Waals surface area contributed by atoms with E-state index in [1.807, 2.05) is 0 Å². The van der Waals surface area contributed by atoms with E-state index in [4.69, 9.17) is 0 Å². The fourth-order valence-electron chi connectivity index (χ4n) is 3.52. The zero-order valence-corrected chi connectivity index (χ0v) is 13.9. The number of likely N-dealkylation sites (N-methyl/N-ethyl adjacent to an activating group) is 1. The van der Waals surface area contributed by atoms with Crippen LogP contribution in [0.3, 0.4) is 0 Å². The zero-order valence-electron chi connectivity index (χ0n) is 13.9. The highest BCUT2D eigenvalue weighted by atomic mass is 16.3. The molecule has 0 aromatic heterocycles. The van der Waals surface area contributed by atoms with Crippen LogP contribution in [0.5, 0.6) is 0 Å². The molecule has 19 heavy (non-hydrogen) atoms. The van der Waals surface area contributed by atoms with E-state index in [0.29, 0.717) is 17.5 Å². The summed E-state index contributed by atoms with van der Waals surface area (Å²) in [5, 5.41) is 10.4. The second-order valence-corrected chi connectivity index (χ2v) is 7.29. The molecule has 0 radical (unpaired) electrons. The van der Waals surface area contributed by atoms with Gasteiger partial charge in [0.25, 0.3) is 0 Å². The highest BCUT2D eigenvalue weighted by Crippen LogP contribution is 2.41. The van der Waals surface area contributed by atoms with Crippen molar-refractivity contribution >= 4 is 0 Å². The maximum Gasteiger partial charge on any atom is 0.0695 e. The minimum absolute atomic E-state index is 0.131. The van der Waals surface area contributed by atoms with Crippen LogP contribution in [-0.2, 0) is 0 Å². The summed E-state index contributed by atoms with van der Waals surface area (Å²) in [6.45, 7) is 11.6. The SMILES string of the molecule is CCCC(C)N(C)C1CC(C(C)(C)CC)CCC1O. The van der Waals surface area contributed by atoms with E-state index in [-0.39, 0.29) is 6.10 Å². The molecule has 0 saturated heterocycles. The maximum atomic E-state index is 10.4. The Balaban J connectivity index is 2.70. The van der Waals surface area contributed by atoms with Crippen LogP contribution >= 0.6 is 0 Å². The third-order valence-electron chi connectivity index (χ3n) is 5.72. The molecule has 0 aromatic carbocycles. The first-order valence-corrected chi connectivity index (χ1v) is 8.23. The van der Waals surface area contributed by atoms with Crippen LogP contribution in [0.2, 0.25) is 0 Å². The monoisotopic (exact) mass is 269 g/mol. The molecule has 4 unspecified atom stereocenters. The number of aliphatic hydroxyl groups is 1. The summed E-state index contributed by atoms with van der Waals surface area (Å²) in [5.74, 6) is 0.752. The lowest BCUT2D eigenvalue weighted by molar-refractivity contribution is -0.0246. The van der Waals surface area contributed by atoms with Crippen LogP contribution in [0.25, 0.3) is 0 Å². The molecule has 1 N–H and O–H groups in total. The molecule has 1 fully saturated rings. The van der Waals surface area contributed by atoms with E-state index in [1.54, 1.807) is 0 Å². The van der Waals surface area contributed by atoms with Crippen molar-refractivity contribution in [3.63, 3.8) is 0 Å².